The number of nitrogens with zero attached hydrogens (tertiary/aromatic N) is 2. The average Bonchev–Trinajstić information content (AvgIpc) is 2.76. The van der Waals surface area contributed by atoms with E-state index in [2.05, 4.69) is 0 Å². The van der Waals surface area contributed by atoms with Crippen LogP contribution in [0.4, 0.5) is 0 Å². The van der Waals surface area contributed by atoms with Crippen molar-refractivity contribution in [2.45, 2.75) is 0 Å². The fraction of sp³-hybridized carbons (Fsp3) is 0.0909. The smallest absolute Gasteiger partial charge is 0.346 e. The van der Waals surface area contributed by atoms with Crippen molar-refractivity contribution in [1.29, 1.82) is 10.5 Å². The number of carboxylic acid groups (broad SMARTS) is 2. The van der Waals surface area contributed by atoms with Gasteiger partial charge < -0.3 is 24.4 Å². The third kappa shape index (κ3) is 5.62. The number of hydrogen-bond donors (Lipinski definition) is 2. The Labute approximate surface area is 177 Å². The predicted molar refractivity (Wildman–Crippen MR) is 109 cm³/mol. The second-order valence-electron chi connectivity index (χ2n) is 5.87. The molecule has 0 amide bonds. The molecule has 0 aliphatic carbocycles. The first kappa shape index (κ1) is 22.5. The summed E-state index contributed by atoms with van der Waals surface area (Å²) in [6.45, 7) is 0. The van der Waals surface area contributed by atoms with Crippen LogP contribution >= 0.6 is 0 Å². The number of nitriles is 2. The van der Waals surface area contributed by atoms with Gasteiger partial charge in [0.1, 0.15) is 23.3 Å². The zero-order valence-electron chi connectivity index (χ0n) is 16.4. The van der Waals surface area contributed by atoms with Crippen molar-refractivity contribution >= 4 is 24.1 Å². The summed E-state index contributed by atoms with van der Waals surface area (Å²) < 4.78 is 16.4. The average molecular weight is 420 g/mol. The monoisotopic (exact) mass is 420 g/mol. The van der Waals surface area contributed by atoms with Crippen molar-refractivity contribution in [2.24, 2.45) is 0 Å². The van der Waals surface area contributed by atoms with Gasteiger partial charge in [0.15, 0.2) is 23.0 Å². The predicted octanol–water partition coefficient (Wildman–Crippen LogP) is 3.48. The molecule has 31 heavy (non-hydrogen) atoms. The van der Waals surface area contributed by atoms with E-state index in [0.29, 0.717) is 22.6 Å². The number of methoxy groups -OCH3 is 2. The normalized spacial score (nSPS) is 11.1. The lowest BCUT2D eigenvalue weighted by Crippen LogP contribution is -1.98. The van der Waals surface area contributed by atoms with Gasteiger partial charge in [0.2, 0.25) is 0 Å². The summed E-state index contributed by atoms with van der Waals surface area (Å²) in [6.07, 6.45) is 2.40. The first-order valence-electron chi connectivity index (χ1n) is 8.57. The summed E-state index contributed by atoms with van der Waals surface area (Å²) >= 11 is 0. The van der Waals surface area contributed by atoms with Crippen LogP contribution < -0.4 is 14.2 Å². The van der Waals surface area contributed by atoms with E-state index in [0.717, 1.165) is 0 Å². The molecule has 0 bridgehead atoms. The molecule has 156 valence electrons. The maximum absolute atomic E-state index is 11.0. The molecule has 2 rings (SSSR count). The largest absolute Gasteiger partial charge is 0.493 e. The van der Waals surface area contributed by atoms with Gasteiger partial charge in [0, 0.05) is 0 Å². The van der Waals surface area contributed by atoms with Crippen molar-refractivity contribution in [3.63, 3.8) is 0 Å². The zero-order valence-corrected chi connectivity index (χ0v) is 16.4. The molecule has 0 aromatic heterocycles. The van der Waals surface area contributed by atoms with Crippen LogP contribution in [0.25, 0.3) is 12.2 Å². The Balaban J connectivity index is 2.40. The SMILES string of the molecule is COc1cc(C=C(C#N)C(=O)O)ccc1Oc1ccc(C=C(C#N)C(=O)O)cc1OC. The number of ether oxygens (including phenoxy) is 3. The highest BCUT2D eigenvalue weighted by atomic mass is 16.5. The molecule has 0 spiro atoms. The van der Waals surface area contributed by atoms with Gasteiger partial charge in [-0.3, -0.25) is 0 Å². The van der Waals surface area contributed by atoms with Crippen molar-refractivity contribution in [3.05, 3.63) is 58.7 Å². The van der Waals surface area contributed by atoms with Crippen molar-refractivity contribution < 1.29 is 34.0 Å². The summed E-state index contributed by atoms with van der Waals surface area (Å²) in [5, 5.41) is 35.7. The maximum atomic E-state index is 11.0. The third-order valence-electron chi connectivity index (χ3n) is 3.92. The molecule has 9 nitrogen and oxygen atoms in total. The number of carboxylic acids is 2. The molecule has 0 unspecified atom stereocenters. The molecule has 0 saturated heterocycles. The van der Waals surface area contributed by atoms with Crippen LogP contribution in [0.5, 0.6) is 23.0 Å². The molecule has 9 heteroatoms. The molecule has 0 heterocycles. The molecule has 0 atom stereocenters. The molecule has 0 saturated carbocycles. The van der Waals surface area contributed by atoms with E-state index in [1.54, 1.807) is 24.3 Å². The Morgan fingerprint density at radius 2 is 1.16 bits per heavy atom. The van der Waals surface area contributed by atoms with Gasteiger partial charge in [-0.2, -0.15) is 10.5 Å². The van der Waals surface area contributed by atoms with E-state index in [4.69, 9.17) is 34.9 Å². The zero-order chi connectivity index (χ0) is 23.0. The summed E-state index contributed by atoms with van der Waals surface area (Å²) in [5.74, 6) is -1.55. The number of carbonyl (C=O) groups is 2. The van der Waals surface area contributed by atoms with Crippen LogP contribution in [0, 0.1) is 22.7 Å². The van der Waals surface area contributed by atoms with Gasteiger partial charge in [0.05, 0.1) is 14.2 Å². The Bertz CT molecular complexity index is 1080. The first-order valence-corrected chi connectivity index (χ1v) is 8.57. The van der Waals surface area contributed by atoms with Gasteiger partial charge in [0.25, 0.3) is 0 Å². The molecule has 0 aliphatic heterocycles. The summed E-state index contributed by atoms with van der Waals surface area (Å²) in [6, 6.07) is 12.4. The number of benzene rings is 2. The second-order valence-corrected chi connectivity index (χ2v) is 5.87. The fourth-order valence-corrected chi connectivity index (χ4v) is 2.45. The highest BCUT2D eigenvalue weighted by molar-refractivity contribution is 5.97. The Hall–Kier alpha value is -4.76. The molecule has 0 radical (unpaired) electrons. The fourth-order valence-electron chi connectivity index (χ4n) is 2.45. The van der Waals surface area contributed by atoms with E-state index in [1.807, 2.05) is 0 Å². The van der Waals surface area contributed by atoms with Crippen molar-refractivity contribution in [2.75, 3.05) is 14.2 Å². The molecule has 2 N–H and O–H groups in total. The van der Waals surface area contributed by atoms with Gasteiger partial charge >= 0.3 is 11.9 Å². The number of hydrogen-bond acceptors (Lipinski definition) is 7. The lowest BCUT2D eigenvalue weighted by molar-refractivity contribution is -0.133. The first-order chi connectivity index (χ1) is 14.8. The van der Waals surface area contributed by atoms with Crippen LogP contribution in [0.15, 0.2) is 47.5 Å². The quantitative estimate of drug-likeness (QED) is 0.483. The van der Waals surface area contributed by atoms with Gasteiger partial charge in [-0.15, -0.1) is 0 Å². The Morgan fingerprint density at radius 1 is 0.774 bits per heavy atom. The van der Waals surface area contributed by atoms with Gasteiger partial charge in [-0.05, 0) is 47.5 Å². The topological polar surface area (TPSA) is 150 Å². The van der Waals surface area contributed by atoms with Gasteiger partial charge in [-0.25, -0.2) is 9.59 Å². The van der Waals surface area contributed by atoms with Crippen LogP contribution in [0.2, 0.25) is 0 Å². The minimum Gasteiger partial charge on any atom is -0.493 e. The van der Waals surface area contributed by atoms with Crippen LogP contribution in [0.3, 0.4) is 0 Å². The van der Waals surface area contributed by atoms with Crippen LogP contribution in [0.1, 0.15) is 11.1 Å². The van der Waals surface area contributed by atoms with Crippen LogP contribution in [-0.2, 0) is 9.59 Å². The van der Waals surface area contributed by atoms with Crippen molar-refractivity contribution in [3.8, 4) is 35.1 Å². The number of rotatable bonds is 8. The molecule has 0 aliphatic rings. The lowest BCUT2D eigenvalue weighted by Gasteiger charge is -2.14. The standard InChI is InChI=1S/C22H16N2O7/c1-29-19-9-13(7-15(11-23)21(25)26)3-5-17(19)31-18-6-4-14(10-20(18)30-2)8-16(12-24)22(27)28/h3-10H,1-2H3,(H,25,26)(H,27,28). The van der Waals surface area contributed by atoms with E-state index < -0.39 is 23.1 Å². The highest BCUT2D eigenvalue weighted by Gasteiger charge is 2.13. The lowest BCUT2D eigenvalue weighted by atomic mass is 10.1. The summed E-state index contributed by atoms with van der Waals surface area (Å²) in [4.78, 5) is 22.0. The minimum atomic E-state index is -1.34. The molecular weight excluding hydrogens is 404 g/mol. The maximum Gasteiger partial charge on any atom is 0.346 e. The summed E-state index contributed by atoms with van der Waals surface area (Å²) in [7, 11) is 2.80. The van der Waals surface area contributed by atoms with E-state index in [-0.39, 0.29) is 11.5 Å². The molecule has 2 aromatic carbocycles. The van der Waals surface area contributed by atoms with E-state index >= 15 is 0 Å². The molecule has 2 aromatic rings. The van der Waals surface area contributed by atoms with Crippen LogP contribution in [-0.4, -0.2) is 36.4 Å². The van der Waals surface area contributed by atoms with E-state index in [1.165, 1.54) is 50.6 Å². The highest BCUT2D eigenvalue weighted by Crippen LogP contribution is 2.37. The van der Waals surface area contributed by atoms with Crippen molar-refractivity contribution in [1.82, 2.24) is 0 Å². The van der Waals surface area contributed by atoms with E-state index in [9.17, 15) is 9.59 Å². The molecule has 0 fully saturated rings. The Kier molecular flexibility index (Phi) is 7.37. The minimum absolute atomic E-state index is 0.278. The van der Waals surface area contributed by atoms with Gasteiger partial charge in [-0.1, -0.05) is 12.1 Å². The molecular formula is C22H16N2O7. The summed E-state index contributed by atoms with van der Waals surface area (Å²) in [5.41, 5.74) is -0.0140. The third-order valence-corrected chi connectivity index (χ3v) is 3.92. The second kappa shape index (κ2) is 10.1. The Morgan fingerprint density at radius 3 is 1.45 bits per heavy atom. The number of aliphatic carboxylic acids is 2.